The lowest BCUT2D eigenvalue weighted by Gasteiger charge is -2.21. The highest BCUT2D eigenvalue weighted by Crippen LogP contribution is 2.09. The van der Waals surface area contributed by atoms with Gasteiger partial charge in [-0.15, -0.1) is 0 Å². The maximum Gasteiger partial charge on any atom is 0.158 e. The number of rotatable bonds is 2. The molecule has 0 aromatic carbocycles. The minimum atomic E-state index is -0.117. The first-order valence-corrected chi connectivity index (χ1v) is 3.53. The molecule has 3 heteroatoms. The summed E-state index contributed by atoms with van der Waals surface area (Å²) in [7, 11) is 0. The fraction of sp³-hybridized carbons (Fsp3) is 0.857. The molecule has 3 nitrogen and oxygen atoms in total. The van der Waals surface area contributed by atoms with Gasteiger partial charge in [-0.25, -0.2) is 0 Å². The molecule has 0 aromatic heterocycles. The van der Waals surface area contributed by atoms with E-state index in [-0.39, 0.29) is 6.29 Å². The third-order valence-electron chi connectivity index (χ3n) is 1.39. The van der Waals surface area contributed by atoms with Crippen LogP contribution in [0.3, 0.4) is 0 Å². The van der Waals surface area contributed by atoms with E-state index in [0.29, 0.717) is 12.8 Å². The standard InChI is InChI=1S/C7H11NO2/c8-4-1-3-7-9-5-2-6-10-7/h7H,1-3,5-6H2. The molecule has 1 aliphatic rings. The largest absolute Gasteiger partial charge is 0.353 e. The first kappa shape index (κ1) is 7.52. The summed E-state index contributed by atoms with van der Waals surface area (Å²) >= 11 is 0. The molecule has 0 aliphatic carbocycles. The van der Waals surface area contributed by atoms with Crippen molar-refractivity contribution in [3.8, 4) is 6.07 Å². The first-order chi connectivity index (χ1) is 4.93. The van der Waals surface area contributed by atoms with E-state index in [1.165, 1.54) is 0 Å². The van der Waals surface area contributed by atoms with Crippen LogP contribution in [-0.2, 0) is 9.47 Å². The van der Waals surface area contributed by atoms with Crippen LogP contribution in [0.4, 0.5) is 0 Å². The Bertz CT molecular complexity index is 124. The number of hydrogen-bond donors (Lipinski definition) is 0. The number of nitrogens with zero attached hydrogens (tertiary/aromatic N) is 1. The third kappa shape index (κ3) is 2.34. The normalized spacial score (nSPS) is 20.3. The smallest absolute Gasteiger partial charge is 0.158 e. The number of nitriles is 1. The predicted octanol–water partition coefficient (Wildman–Crippen LogP) is 1.05. The molecule has 0 spiro atoms. The van der Waals surface area contributed by atoms with Crippen molar-refractivity contribution in [3.05, 3.63) is 0 Å². The van der Waals surface area contributed by atoms with E-state index >= 15 is 0 Å². The number of ether oxygens (including phenoxy) is 2. The summed E-state index contributed by atoms with van der Waals surface area (Å²) in [5.41, 5.74) is 0. The van der Waals surface area contributed by atoms with Crippen molar-refractivity contribution in [1.29, 1.82) is 5.26 Å². The van der Waals surface area contributed by atoms with Gasteiger partial charge in [0.2, 0.25) is 0 Å². The van der Waals surface area contributed by atoms with Crippen molar-refractivity contribution in [2.45, 2.75) is 25.6 Å². The van der Waals surface area contributed by atoms with Gasteiger partial charge in [0, 0.05) is 12.8 Å². The second-order valence-electron chi connectivity index (χ2n) is 2.22. The lowest BCUT2D eigenvalue weighted by atomic mass is 10.3. The molecule has 0 N–H and O–H groups in total. The Morgan fingerprint density at radius 2 is 2.10 bits per heavy atom. The summed E-state index contributed by atoms with van der Waals surface area (Å²) in [4.78, 5) is 0. The van der Waals surface area contributed by atoms with Gasteiger partial charge in [0.25, 0.3) is 0 Å². The summed E-state index contributed by atoms with van der Waals surface area (Å²) in [6.45, 7) is 1.55. The minimum Gasteiger partial charge on any atom is -0.353 e. The van der Waals surface area contributed by atoms with E-state index in [2.05, 4.69) is 6.07 Å². The second-order valence-corrected chi connectivity index (χ2v) is 2.22. The average molecular weight is 141 g/mol. The molecule has 56 valence electrons. The maximum atomic E-state index is 8.24. The zero-order chi connectivity index (χ0) is 7.23. The molecule has 1 rings (SSSR count). The topological polar surface area (TPSA) is 42.2 Å². The van der Waals surface area contributed by atoms with Crippen molar-refractivity contribution in [3.63, 3.8) is 0 Å². The summed E-state index contributed by atoms with van der Waals surface area (Å²) < 4.78 is 10.4. The van der Waals surface area contributed by atoms with E-state index in [9.17, 15) is 0 Å². The molecule has 1 heterocycles. The summed E-state index contributed by atoms with van der Waals surface area (Å²) in [5, 5.41) is 8.24. The van der Waals surface area contributed by atoms with Gasteiger partial charge in [0.15, 0.2) is 6.29 Å². The second kappa shape index (κ2) is 4.26. The predicted molar refractivity (Wildman–Crippen MR) is 35.2 cm³/mol. The Morgan fingerprint density at radius 3 is 2.70 bits per heavy atom. The van der Waals surface area contributed by atoms with E-state index in [1.54, 1.807) is 0 Å². The van der Waals surface area contributed by atoms with Gasteiger partial charge in [-0.1, -0.05) is 0 Å². The van der Waals surface area contributed by atoms with Gasteiger partial charge in [0.1, 0.15) is 0 Å². The third-order valence-corrected chi connectivity index (χ3v) is 1.39. The molecule has 0 radical (unpaired) electrons. The molecule has 0 amide bonds. The van der Waals surface area contributed by atoms with Crippen molar-refractivity contribution < 1.29 is 9.47 Å². The van der Waals surface area contributed by atoms with E-state index in [4.69, 9.17) is 14.7 Å². The fourth-order valence-electron chi connectivity index (χ4n) is 0.886. The zero-order valence-electron chi connectivity index (χ0n) is 5.88. The van der Waals surface area contributed by atoms with Crippen LogP contribution in [0.5, 0.6) is 0 Å². The first-order valence-electron chi connectivity index (χ1n) is 3.53. The highest BCUT2D eigenvalue weighted by atomic mass is 16.7. The highest BCUT2D eigenvalue weighted by Gasteiger charge is 2.12. The van der Waals surface area contributed by atoms with Crippen molar-refractivity contribution in [1.82, 2.24) is 0 Å². The van der Waals surface area contributed by atoms with Gasteiger partial charge < -0.3 is 9.47 Å². The lowest BCUT2D eigenvalue weighted by Crippen LogP contribution is -2.24. The van der Waals surface area contributed by atoms with Gasteiger partial charge in [-0.2, -0.15) is 5.26 Å². The molecule has 0 aromatic rings. The lowest BCUT2D eigenvalue weighted by molar-refractivity contribution is -0.180. The van der Waals surface area contributed by atoms with Crippen LogP contribution in [0, 0.1) is 11.3 Å². The van der Waals surface area contributed by atoms with Crippen molar-refractivity contribution >= 4 is 0 Å². The van der Waals surface area contributed by atoms with Crippen LogP contribution in [-0.4, -0.2) is 19.5 Å². The van der Waals surface area contributed by atoms with E-state index in [1.807, 2.05) is 0 Å². The Balaban J connectivity index is 2.09. The molecular formula is C7H11NO2. The molecular weight excluding hydrogens is 130 g/mol. The fourth-order valence-corrected chi connectivity index (χ4v) is 0.886. The molecule has 1 saturated heterocycles. The molecule has 0 saturated carbocycles. The number of hydrogen-bond acceptors (Lipinski definition) is 3. The molecule has 0 atom stereocenters. The van der Waals surface area contributed by atoms with Crippen molar-refractivity contribution in [2.24, 2.45) is 0 Å². The Labute approximate surface area is 60.5 Å². The monoisotopic (exact) mass is 141 g/mol. The quantitative estimate of drug-likeness (QED) is 0.577. The Hall–Kier alpha value is -0.590. The van der Waals surface area contributed by atoms with Crippen LogP contribution in [0.1, 0.15) is 19.3 Å². The van der Waals surface area contributed by atoms with E-state index in [0.717, 1.165) is 19.6 Å². The molecule has 0 unspecified atom stereocenters. The van der Waals surface area contributed by atoms with Gasteiger partial charge in [-0.3, -0.25) is 0 Å². The Morgan fingerprint density at radius 1 is 1.40 bits per heavy atom. The van der Waals surface area contributed by atoms with Crippen LogP contribution < -0.4 is 0 Å². The van der Waals surface area contributed by atoms with Gasteiger partial charge >= 0.3 is 0 Å². The van der Waals surface area contributed by atoms with Crippen molar-refractivity contribution in [2.75, 3.05) is 13.2 Å². The maximum absolute atomic E-state index is 8.24. The van der Waals surface area contributed by atoms with Crippen LogP contribution in [0.2, 0.25) is 0 Å². The molecule has 1 fully saturated rings. The average Bonchev–Trinajstić information content (AvgIpc) is 2.03. The minimum absolute atomic E-state index is 0.117. The van der Waals surface area contributed by atoms with Crippen LogP contribution in [0.25, 0.3) is 0 Å². The summed E-state index contributed by atoms with van der Waals surface area (Å²) in [5.74, 6) is 0. The van der Waals surface area contributed by atoms with Crippen LogP contribution >= 0.6 is 0 Å². The molecule has 1 aliphatic heterocycles. The SMILES string of the molecule is N#CCCC1OCCCO1. The molecule has 0 bridgehead atoms. The zero-order valence-corrected chi connectivity index (χ0v) is 5.88. The van der Waals surface area contributed by atoms with E-state index < -0.39 is 0 Å². The summed E-state index contributed by atoms with van der Waals surface area (Å²) in [6.07, 6.45) is 2.08. The van der Waals surface area contributed by atoms with Gasteiger partial charge in [-0.05, 0) is 6.42 Å². The highest BCUT2D eigenvalue weighted by molar-refractivity contribution is 4.69. The molecule has 10 heavy (non-hydrogen) atoms. The van der Waals surface area contributed by atoms with Crippen LogP contribution in [0.15, 0.2) is 0 Å². The Kier molecular flexibility index (Phi) is 3.20. The van der Waals surface area contributed by atoms with Gasteiger partial charge in [0.05, 0.1) is 19.3 Å². The summed E-state index contributed by atoms with van der Waals surface area (Å²) in [6, 6.07) is 2.05.